The zero-order valence-corrected chi connectivity index (χ0v) is 13.0. The summed E-state index contributed by atoms with van der Waals surface area (Å²) in [5.74, 6) is 1.53. The van der Waals surface area contributed by atoms with Gasteiger partial charge in [-0.05, 0) is 43.0 Å². The monoisotopic (exact) mass is 311 g/mol. The minimum atomic E-state index is 0.434. The summed E-state index contributed by atoms with van der Waals surface area (Å²) in [6.07, 6.45) is 3.78. The van der Waals surface area contributed by atoms with Gasteiger partial charge in [-0.15, -0.1) is 0 Å². The third-order valence-electron chi connectivity index (χ3n) is 3.62. The highest BCUT2D eigenvalue weighted by Gasteiger charge is 2.22. The molecule has 0 spiro atoms. The quantitative estimate of drug-likeness (QED) is 0.893. The fourth-order valence-electron chi connectivity index (χ4n) is 2.68. The first-order valence-electron chi connectivity index (χ1n) is 6.74. The van der Waals surface area contributed by atoms with E-state index in [1.165, 1.54) is 30.4 Å². The number of piperidine rings is 1. The molecule has 0 aromatic heterocycles. The van der Waals surface area contributed by atoms with E-state index in [0.717, 1.165) is 16.8 Å². The minimum Gasteiger partial charge on any atom is -0.496 e. The number of hydrogen-bond donors (Lipinski definition) is 1. The van der Waals surface area contributed by atoms with Crippen molar-refractivity contribution >= 4 is 15.9 Å². The Balaban J connectivity index is 2.43. The molecule has 18 heavy (non-hydrogen) atoms. The first kappa shape index (κ1) is 13.9. The van der Waals surface area contributed by atoms with Crippen LogP contribution in [-0.4, -0.2) is 13.7 Å². The van der Waals surface area contributed by atoms with E-state index < -0.39 is 0 Å². The molecule has 1 N–H and O–H groups in total. The Morgan fingerprint density at radius 1 is 1.33 bits per heavy atom. The molecule has 0 saturated carbocycles. The van der Waals surface area contributed by atoms with Gasteiger partial charge >= 0.3 is 0 Å². The van der Waals surface area contributed by atoms with Gasteiger partial charge in [0.05, 0.1) is 7.11 Å². The molecule has 1 unspecified atom stereocenters. The second kappa shape index (κ2) is 6.07. The molecule has 0 aliphatic carbocycles. The lowest BCUT2D eigenvalue weighted by atomic mass is 9.92. The third-order valence-corrected chi connectivity index (χ3v) is 4.08. The Labute approximate surface area is 118 Å². The SMILES string of the molecule is COc1c(C(C)C)cc(Br)cc1C1CCCCN1. The second-order valence-electron chi connectivity index (χ2n) is 5.27. The zero-order chi connectivity index (χ0) is 13.1. The van der Waals surface area contributed by atoms with Crippen LogP contribution < -0.4 is 10.1 Å². The molecule has 1 saturated heterocycles. The summed E-state index contributed by atoms with van der Waals surface area (Å²) in [5.41, 5.74) is 2.59. The highest BCUT2D eigenvalue weighted by Crippen LogP contribution is 2.38. The Hall–Kier alpha value is -0.540. The van der Waals surface area contributed by atoms with Crippen LogP contribution in [0.2, 0.25) is 0 Å². The lowest BCUT2D eigenvalue weighted by molar-refractivity contribution is 0.369. The number of methoxy groups -OCH3 is 1. The molecule has 0 bridgehead atoms. The molecule has 2 nitrogen and oxygen atoms in total. The number of benzene rings is 1. The van der Waals surface area contributed by atoms with Crippen LogP contribution in [0.4, 0.5) is 0 Å². The van der Waals surface area contributed by atoms with Gasteiger partial charge in [0.2, 0.25) is 0 Å². The zero-order valence-electron chi connectivity index (χ0n) is 11.4. The Kier molecular flexibility index (Phi) is 4.68. The molecule has 1 fully saturated rings. The number of ether oxygens (including phenoxy) is 1. The van der Waals surface area contributed by atoms with Gasteiger partial charge in [0.15, 0.2) is 0 Å². The molecule has 1 aliphatic heterocycles. The molecular weight excluding hydrogens is 290 g/mol. The topological polar surface area (TPSA) is 21.3 Å². The molecule has 0 amide bonds. The number of nitrogens with one attached hydrogen (secondary N) is 1. The van der Waals surface area contributed by atoms with E-state index in [0.29, 0.717) is 12.0 Å². The van der Waals surface area contributed by atoms with Crippen molar-refractivity contribution in [2.75, 3.05) is 13.7 Å². The first-order valence-corrected chi connectivity index (χ1v) is 7.53. The summed E-state index contributed by atoms with van der Waals surface area (Å²) >= 11 is 3.63. The van der Waals surface area contributed by atoms with Crippen molar-refractivity contribution in [1.82, 2.24) is 5.32 Å². The summed E-state index contributed by atoms with van der Waals surface area (Å²) in [5, 5.41) is 3.60. The molecule has 2 rings (SSSR count). The van der Waals surface area contributed by atoms with Gasteiger partial charge in [0, 0.05) is 16.1 Å². The number of halogens is 1. The average molecular weight is 312 g/mol. The number of rotatable bonds is 3. The molecule has 3 heteroatoms. The van der Waals surface area contributed by atoms with Crippen molar-refractivity contribution in [2.45, 2.75) is 45.1 Å². The molecule has 0 radical (unpaired) electrons. The van der Waals surface area contributed by atoms with Crippen molar-refractivity contribution in [3.05, 3.63) is 27.7 Å². The lowest BCUT2D eigenvalue weighted by Crippen LogP contribution is -2.27. The molecule has 1 atom stereocenters. The Morgan fingerprint density at radius 2 is 2.11 bits per heavy atom. The van der Waals surface area contributed by atoms with E-state index in [-0.39, 0.29) is 0 Å². The predicted octanol–water partition coefficient (Wildman–Crippen LogP) is 4.40. The van der Waals surface area contributed by atoms with Crippen molar-refractivity contribution in [3.63, 3.8) is 0 Å². The maximum atomic E-state index is 5.69. The van der Waals surface area contributed by atoms with Gasteiger partial charge in [0.25, 0.3) is 0 Å². The van der Waals surface area contributed by atoms with Crippen LogP contribution in [0.25, 0.3) is 0 Å². The molecule has 1 aromatic rings. The largest absolute Gasteiger partial charge is 0.496 e. The van der Waals surface area contributed by atoms with Crippen LogP contribution in [0.5, 0.6) is 5.75 Å². The van der Waals surface area contributed by atoms with Crippen LogP contribution in [0.15, 0.2) is 16.6 Å². The van der Waals surface area contributed by atoms with Crippen LogP contribution in [-0.2, 0) is 0 Å². The van der Waals surface area contributed by atoms with Gasteiger partial charge in [-0.1, -0.05) is 36.2 Å². The smallest absolute Gasteiger partial charge is 0.127 e. The van der Waals surface area contributed by atoms with Crippen LogP contribution >= 0.6 is 15.9 Å². The maximum Gasteiger partial charge on any atom is 0.127 e. The van der Waals surface area contributed by atoms with E-state index in [1.54, 1.807) is 7.11 Å². The third kappa shape index (κ3) is 2.89. The van der Waals surface area contributed by atoms with Gasteiger partial charge in [-0.2, -0.15) is 0 Å². The van der Waals surface area contributed by atoms with Gasteiger partial charge < -0.3 is 10.1 Å². The molecule has 1 aromatic carbocycles. The fraction of sp³-hybridized carbons (Fsp3) is 0.600. The maximum absolute atomic E-state index is 5.69. The summed E-state index contributed by atoms with van der Waals surface area (Å²) < 4.78 is 6.83. The Bertz CT molecular complexity index is 411. The van der Waals surface area contributed by atoms with E-state index in [1.807, 2.05) is 0 Å². The normalized spacial score (nSPS) is 20.2. The summed E-state index contributed by atoms with van der Waals surface area (Å²) in [6, 6.07) is 4.81. The van der Waals surface area contributed by atoms with Crippen molar-refractivity contribution in [2.24, 2.45) is 0 Å². The van der Waals surface area contributed by atoms with E-state index in [4.69, 9.17) is 4.74 Å². The Morgan fingerprint density at radius 3 is 2.67 bits per heavy atom. The van der Waals surface area contributed by atoms with E-state index >= 15 is 0 Å². The van der Waals surface area contributed by atoms with Crippen molar-refractivity contribution < 1.29 is 4.74 Å². The number of hydrogen-bond acceptors (Lipinski definition) is 2. The minimum absolute atomic E-state index is 0.434. The second-order valence-corrected chi connectivity index (χ2v) is 6.19. The van der Waals surface area contributed by atoms with Crippen LogP contribution in [0.3, 0.4) is 0 Å². The summed E-state index contributed by atoms with van der Waals surface area (Å²) in [7, 11) is 1.78. The fourth-order valence-corrected chi connectivity index (χ4v) is 3.17. The standard InChI is InChI=1S/C15H22BrNO/c1-10(2)12-8-11(16)9-13(15(12)18-3)14-6-4-5-7-17-14/h8-10,14,17H,4-7H2,1-3H3. The van der Waals surface area contributed by atoms with Gasteiger partial charge in [-0.25, -0.2) is 0 Å². The van der Waals surface area contributed by atoms with Crippen molar-refractivity contribution in [3.8, 4) is 5.75 Å². The summed E-state index contributed by atoms with van der Waals surface area (Å²) in [6.45, 7) is 5.53. The van der Waals surface area contributed by atoms with Crippen LogP contribution in [0.1, 0.15) is 56.2 Å². The van der Waals surface area contributed by atoms with Crippen LogP contribution in [0, 0.1) is 0 Å². The summed E-state index contributed by atoms with van der Waals surface area (Å²) in [4.78, 5) is 0. The molecule has 1 heterocycles. The molecule has 100 valence electrons. The first-order chi connectivity index (χ1) is 8.63. The van der Waals surface area contributed by atoms with E-state index in [2.05, 4.69) is 47.2 Å². The average Bonchev–Trinajstić information content (AvgIpc) is 2.38. The highest BCUT2D eigenvalue weighted by atomic mass is 79.9. The van der Waals surface area contributed by atoms with Crippen molar-refractivity contribution in [1.29, 1.82) is 0 Å². The molecule has 1 aliphatic rings. The van der Waals surface area contributed by atoms with Gasteiger partial charge in [-0.3, -0.25) is 0 Å². The highest BCUT2D eigenvalue weighted by molar-refractivity contribution is 9.10. The molecular formula is C15H22BrNO. The van der Waals surface area contributed by atoms with Gasteiger partial charge in [0.1, 0.15) is 5.75 Å². The van der Waals surface area contributed by atoms with E-state index in [9.17, 15) is 0 Å². The lowest BCUT2D eigenvalue weighted by Gasteiger charge is -2.27. The predicted molar refractivity (Wildman–Crippen MR) is 79.4 cm³/mol.